The number of aromatic hydroxyl groups is 1. The van der Waals surface area contributed by atoms with Gasteiger partial charge in [-0.3, -0.25) is 0 Å². The van der Waals surface area contributed by atoms with E-state index in [-0.39, 0.29) is 0 Å². The second-order valence-corrected chi connectivity index (χ2v) is 7.81. The van der Waals surface area contributed by atoms with E-state index >= 15 is 0 Å². The van der Waals surface area contributed by atoms with Crippen LogP contribution < -0.4 is 0 Å². The van der Waals surface area contributed by atoms with E-state index in [0.717, 1.165) is 25.7 Å². The van der Waals surface area contributed by atoms with Gasteiger partial charge in [0.2, 0.25) is 0 Å². The zero-order chi connectivity index (χ0) is 15.2. The molecule has 0 fully saturated rings. The zero-order valence-corrected chi connectivity index (χ0v) is 13.9. The van der Waals surface area contributed by atoms with Gasteiger partial charge in [-0.1, -0.05) is 44.9 Å². The van der Waals surface area contributed by atoms with Crippen LogP contribution in [0.4, 0.5) is 0 Å². The first-order valence-corrected chi connectivity index (χ1v) is 8.42. The summed E-state index contributed by atoms with van der Waals surface area (Å²) in [6.45, 7) is 9.25. The Kier molecular flexibility index (Phi) is 3.63. The predicted molar refractivity (Wildman–Crippen MR) is 88.8 cm³/mol. The number of allylic oxidation sites excluding steroid dienone is 2. The fourth-order valence-electron chi connectivity index (χ4n) is 4.62. The first-order chi connectivity index (χ1) is 9.92. The minimum Gasteiger partial charge on any atom is -0.508 e. The molecule has 1 unspecified atom stereocenters. The van der Waals surface area contributed by atoms with Crippen LogP contribution in [-0.4, -0.2) is 5.11 Å². The van der Waals surface area contributed by atoms with Crippen LogP contribution in [0.15, 0.2) is 23.8 Å². The Bertz CT molecular complexity index is 580. The van der Waals surface area contributed by atoms with Crippen LogP contribution in [-0.2, 0) is 12.8 Å². The molecule has 3 rings (SSSR count). The molecule has 0 aliphatic heterocycles. The van der Waals surface area contributed by atoms with E-state index in [1.54, 1.807) is 0 Å². The molecule has 0 spiro atoms. The van der Waals surface area contributed by atoms with Crippen LogP contribution >= 0.6 is 0 Å². The summed E-state index contributed by atoms with van der Waals surface area (Å²) in [5, 5.41) is 10.6. The third-order valence-electron chi connectivity index (χ3n) is 5.61. The first-order valence-electron chi connectivity index (χ1n) is 8.42. The van der Waals surface area contributed by atoms with Crippen molar-refractivity contribution in [1.82, 2.24) is 0 Å². The highest BCUT2D eigenvalue weighted by Gasteiger charge is 2.43. The van der Waals surface area contributed by atoms with Crippen molar-refractivity contribution in [2.24, 2.45) is 11.3 Å². The SMILES string of the molecule is CCCc1cc(O)c2c(c1)CC(C)(C)[C@@H]1CC=C(C)CC21. The first kappa shape index (κ1) is 14.7. The number of aryl methyl sites for hydroxylation is 1. The molecular formula is C20H28O. The number of benzene rings is 1. The Labute approximate surface area is 129 Å². The molecule has 2 atom stereocenters. The van der Waals surface area contributed by atoms with Crippen molar-refractivity contribution in [1.29, 1.82) is 0 Å². The van der Waals surface area contributed by atoms with Gasteiger partial charge in [-0.2, -0.15) is 0 Å². The summed E-state index contributed by atoms with van der Waals surface area (Å²) >= 11 is 0. The molecule has 0 amide bonds. The molecule has 0 bridgehead atoms. The van der Waals surface area contributed by atoms with Gasteiger partial charge in [0.05, 0.1) is 0 Å². The third kappa shape index (κ3) is 2.52. The molecule has 0 radical (unpaired) electrons. The maximum absolute atomic E-state index is 10.6. The van der Waals surface area contributed by atoms with Gasteiger partial charge in [0.1, 0.15) is 5.75 Å². The fourth-order valence-corrected chi connectivity index (χ4v) is 4.62. The van der Waals surface area contributed by atoms with E-state index in [9.17, 15) is 5.11 Å². The molecule has 1 aromatic rings. The van der Waals surface area contributed by atoms with E-state index in [1.165, 1.54) is 28.7 Å². The molecule has 1 nitrogen and oxygen atoms in total. The van der Waals surface area contributed by atoms with Crippen LogP contribution in [0.25, 0.3) is 0 Å². The van der Waals surface area contributed by atoms with Crippen LogP contribution in [0.5, 0.6) is 5.75 Å². The van der Waals surface area contributed by atoms with Gasteiger partial charge < -0.3 is 5.11 Å². The summed E-state index contributed by atoms with van der Waals surface area (Å²) in [5.41, 5.74) is 5.76. The van der Waals surface area contributed by atoms with Gasteiger partial charge in [-0.15, -0.1) is 0 Å². The maximum atomic E-state index is 10.6. The molecule has 0 heterocycles. The molecule has 1 heteroatoms. The fraction of sp³-hybridized carbons (Fsp3) is 0.600. The Morgan fingerprint density at radius 1 is 1.29 bits per heavy atom. The molecule has 21 heavy (non-hydrogen) atoms. The van der Waals surface area contributed by atoms with E-state index < -0.39 is 0 Å². The quantitative estimate of drug-likeness (QED) is 0.724. The molecule has 1 N–H and O–H groups in total. The second kappa shape index (κ2) is 5.19. The van der Waals surface area contributed by atoms with E-state index in [1.807, 2.05) is 6.07 Å². The summed E-state index contributed by atoms with van der Waals surface area (Å²) in [7, 11) is 0. The van der Waals surface area contributed by atoms with Gasteiger partial charge in [0, 0.05) is 5.56 Å². The number of fused-ring (bicyclic) bond motifs is 3. The summed E-state index contributed by atoms with van der Waals surface area (Å²) in [5.74, 6) is 1.72. The Balaban J connectivity index is 2.10. The topological polar surface area (TPSA) is 20.2 Å². The van der Waals surface area contributed by atoms with Crippen LogP contribution in [0.2, 0.25) is 0 Å². The lowest BCUT2D eigenvalue weighted by molar-refractivity contribution is 0.149. The summed E-state index contributed by atoms with van der Waals surface area (Å²) < 4.78 is 0. The zero-order valence-electron chi connectivity index (χ0n) is 13.9. The highest BCUT2D eigenvalue weighted by atomic mass is 16.3. The lowest BCUT2D eigenvalue weighted by Gasteiger charge is -2.47. The van der Waals surface area contributed by atoms with E-state index in [0.29, 0.717) is 23.0 Å². The molecule has 1 aromatic carbocycles. The van der Waals surface area contributed by atoms with Crippen LogP contribution in [0.1, 0.15) is 69.6 Å². The van der Waals surface area contributed by atoms with E-state index in [2.05, 4.69) is 39.8 Å². The second-order valence-electron chi connectivity index (χ2n) is 7.81. The van der Waals surface area contributed by atoms with Gasteiger partial charge in [0.15, 0.2) is 0 Å². The van der Waals surface area contributed by atoms with Crippen molar-refractivity contribution in [2.75, 3.05) is 0 Å². The van der Waals surface area contributed by atoms with Crippen molar-refractivity contribution in [3.8, 4) is 5.75 Å². The van der Waals surface area contributed by atoms with Gasteiger partial charge in [0.25, 0.3) is 0 Å². The Morgan fingerprint density at radius 2 is 2.05 bits per heavy atom. The van der Waals surface area contributed by atoms with Crippen LogP contribution in [0.3, 0.4) is 0 Å². The van der Waals surface area contributed by atoms with Gasteiger partial charge in [-0.05, 0) is 67.1 Å². The number of rotatable bonds is 2. The molecule has 0 saturated heterocycles. The minimum absolute atomic E-state index is 0.326. The standard InChI is InChI=1S/C20H28O/c1-5-6-14-10-15-12-20(3,4)17-8-7-13(2)9-16(17)19(15)18(21)11-14/h7,10-11,16-17,21H,5-6,8-9,12H2,1-4H3/t16?,17-/m1/s1. The van der Waals surface area contributed by atoms with Crippen molar-refractivity contribution in [3.05, 3.63) is 40.5 Å². The number of hydrogen-bond acceptors (Lipinski definition) is 1. The molecule has 114 valence electrons. The Morgan fingerprint density at radius 3 is 2.76 bits per heavy atom. The highest BCUT2D eigenvalue weighted by Crippen LogP contribution is 2.55. The number of phenols is 1. The largest absolute Gasteiger partial charge is 0.508 e. The number of hydrogen-bond donors (Lipinski definition) is 1. The van der Waals surface area contributed by atoms with Crippen molar-refractivity contribution in [2.45, 2.75) is 65.7 Å². The summed E-state index contributed by atoms with van der Waals surface area (Å²) in [6, 6.07) is 4.38. The smallest absolute Gasteiger partial charge is 0.119 e. The third-order valence-corrected chi connectivity index (χ3v) is 5.61. The average Bonchev–Trinajstić information content (AvgIpc) is 2.37. The van der Waals surface area contributed by atoms with Crippen molar-refractivity contribution < 1.29 is 5.11 Å². The normalized spacial score (nSPS) is 26.8. The van der Waals surface area contributed by atoms with Gasteiger partial charge in [-0.25, -0.2) is 0 Å². The lowest BCUT2D eigenvalue weighted by atomic mass is 9.57. The lowest BCUT2D eigenvalue weighted by Crippen LogP contribution is -2.37. The van der Waals surface area contributed by atoms with Crippen molar-refractivity contribution in [3.63, 3.8) is 0 Å². The predicted octanol–water partition coefficient (Wildman–Crippen LogP) is 5.37. The average molecular weight is 284 g/mol. The van der Waals surface area contributed by atoms with E-state index in [4.69, 9.17) is 0 Å². The molecule has 0 saturated carbocycles. The highest BCUT2D eigenvalue weighted by molar-refractivity contribution is 5.49. The molecule has 0 aromatic heterocycles. The monoisotopic (exact) mass is 284 g/mol. The summed E-state index contributed by atoms with van der Waals surface area (Å²) in [4.78, 5) is 0. The molecular weight excluding hydrogens is 256 g/mol. The van der Waals surface area contributed by atoms with Crippen molar-refractivity contribution >= 4 is 0 Å². The minimum atomic E-state index is 0.326. The van der Waals surface area contributed by atoms with Crippen LogP contribution in [0, 0.1) is 11.3 Å². The Hall–Kier alpha value is -1.24. The van der Waals surface area contributed by atoms with Gasteiger partial charge >= 0.3 is 0 Å². The molecule has 2 aliphatic carbocycles. The molecule has 2 aliphatic rings. The summed E-state index contributed by atoms with van der Waals surface area (Å²) in [6.07, 6.45) is 7.99. The number of phenolic OH excluding ortho intramolecular Hbond substituents is 1. The maximum Gasteiger partial charge on any atom is 0.119 e.